The average Bonchev–Trinajstić information content (AvgIpc) is 2.79. The Kier molecular flexibility index (Phi) is 8.37. The van der Waals surface area contributed by atoms with Crippen LogP contribution in [0.2, 0.25) is 5.02 Å². The largest absolute Gasteiger partial charge is 0.351 e. The highest BCUT2D eigenvalue weighted by Crippen LogP contribution is 2.36. The van der Waals surface area contributed by atoms with Gasteiger partial charge in [-0.1, -0.05) is 72.3 Å². The summed E-state index contributed by atoms with van der Waals surface area (Å²) >= 11 is 7.55. The number of halogens is 1. The second kappa shape index (κ2) is 11.0. The summed E-state index contributed by atoms with van der Waals surface area (Å²) < 4.78 is 26.3. The molecule has 1 N–H and O–H groups in total. The SMILES string of the molecule is CN(C)S(=O)(=O)c1ccccc1CNC(=O)CSC(c1ccccc1)c1ccc(Cl)cc1. The Morgan fingerprint density at radius 2 is 1.53 bits per heavy atom. The number of nitrogens with zero attached hydrogens (tertiary/aromatic N) is 1. The van der Waals surface area contributed by atoms with E-state index in [9.17, 15) is 13.2 Å². The average molecular weight is 489 g/mol. The van der Waals surface area contributed by atoms with Gasteiger partial charge in [-0.15, -0.1) is 11.8 Å². The van der Waals surface area contributed by atoms with Crippen molar-refractivity contribution in [2.45, 2.75) is 16.7 Å². The molecule has 0 heterocycles. The molecule has 0 saturated carbocycles. The molecule has 0 fully saturated rings. The third-order valence-corrected chi connectivity index (χ3v) is 8.34. The minimum absolute atomic E-state index is 0.0272. The fourth-order valence-corrected chi connectivity index (χ4v) is 5.51. The topological polar surface area (TPSA) is 66.5 Å². The summed E-state index contributed by atoms with van der Waals surface area (Å²) in [6.45, 7) is 0.138. The molecule has 1 atom stereocenters. The quantitative estimate of drug-likeness (QED) is 0.473. The minimum Gasteiger partial charge on any atom is -0.351 e. The van der Waals surface area contributed by atoms with E-state index >= 15 is 0 Å². The highest BCUT2D eigenvalue weighted by Gasteiger charge is 2.21. The van der Waals surface area contributed by atoms with Gasteiger partial charge in [0, 0.05) is 25.7 Å². The van der Waals surface area contributed by atoms with Crippen LogP contribution in [0.5, 0.6) is 0 Å². The smallest absolute Gasteiger partial charge is 0.242 e. The zero-order chi connectivity index (χ0) is 23.1. The Morgan fingerprint density at radius 1 is 0.938 bits per heavy atom. The predicted molar refractivity (Wildman–Crippen MR) is 131 cm³/mol. The van der Waals surface area contributed by atoms with E-state index < -0.39 is 10.0 Å². The Labute approximate surface area is 198 Å². The van der Waals surface area contributed by atoms with Crippen molar-refractivity contribution in [1.29, 1.82) is 0 Å². The first-order valence-corrected chi connectivity index (χ1v) is 12.8. The molecule has 0 aliphatic heterocycles. The number of hydrogen-bond donors (Lipinski definition) is 1. The highest BCUT2D eigenvalue weighted by atomic mass is 35.5. The lowest BCUT2D eigenvalue weighted by Crippen LogP contribution is -2.28. The van der Waals surface area contributed by atoms with E-state index in [1.807, 2.05) is 54.6 Å². The number of benzene rings is 3. The molecule has 0 aliphatic rings. The second-order valence-electron chi connectivity index (χ2n) is 7.33. The molecule has 0 bridgehead atoms. The van der Waals surface area contributed by atoms with Gasteiger partial charge in [0.25, 0.3) is 0 Å². The number of carbonyl (C=O) groups is 1. The molecule has 0 saturated heterocycles. The van der Waals surface area contributed by atoms with E-state index in [0.717, 1.165) is 11.1 Å². The summed E-state index contributed by atoms with van der Waals surface area (Å²) in [5, 5.41) is 3.49. The Bertz CT molecular complexity index is 1150. The second-order valence-corrected chi connectivity index (χ2v) is 11.0. The zero-order valence-corrected chi connectivity index (χ0v) is 20.3. The predicted octanol–water partition coefficient (Wildman–Crippen LogP) is 4.73. The molecule has 1 amide bonds. The van der Waals surface area contributed by atoms with E-state index in [-0.39, 0.29) is 28.4 Å². The molecule has 0 radical (unpaired) electrons. The van der Waals surface area contributed by atoms with Gasteiger partial charge >= 0.3 is 0 Å². The fraction of sp³-hybridized carbons (Fsp3) is 0.208. The first-order valence-electron chi connectivity index (χ1n) is 9.98. The normalized spacial score (nSPS) is 12.5. The molecule has 0 aliphatic carbocycles. The maximum absolute atomic E-state index is 12.6. The number of amides is 1. The molecule has 0 aromatic heterocycles. The van der Waals surface area contributed by atoms with Crippen LogP contribution in [0.1, 0.15) is 21.9 Å². The van der Waals surface area contributed by atoms with Crippen LogP contribution in [0.4, 0.5) is 0 Å². The van der Waals surface area contributed by atoms with Gasteiger partial charge in [-0.2, -0.15) is 0 Å². The number of sulfonamides is 1. The lowest BCUT2D eigenvalue weighted by molar-refractivity contribution is -0.118. The van der Waals surface area contributed by atoms with Gasteiger partial charge in [-0.05, 0) is 34.9 Å². The van der Waals surface area contributed by atoms with Gasteiger partial charge in [0.05, 0.1) is 15.9 Å². The minimum atomic E-state index is -3.59. The Hall–Kier alpha value is -2.32. The van der Waals surface area contributed by atoms with Gasteiger partial charge in [0.1, 0.15) is 0 Å². The van der Waals surface area contributed by atoms with E-state index in [1.54, 1.807) is 24.3 Å². The molecule has 32 heavy (non-hydrogen) atoms. The van der Waals surface area contributed by atoms with Crippen molar-refractivity contribution in [1.82, 2.24) is 9.62 Å². The highest BCUT2D eigenvalue weighted by molar-refractivity contribution is 8.00. The monoisotopic (exact) mass is 488 g/mol. The number of thioether (sulfide) groups is 1. The van der Waals surface area contributed by atoms with E-state index in [2.05, 4.69) is 5.32 Å². The fourth-order valence-electron chi connectivity index (χ4n) is 3.15. The summed E-state index contributed by atoms with van der Waals surface area (Å²) in [7, 11) is -0.615. The summed E-state index contributed by atoms with van der Waals surface area (Å²) in [5.74, 6) is 0.0621. The molecular formula is C24H25ClN2O3S2. The Morgan fingerprint density at radius 3 is 2.19 bits per heavy atom. The molecule has 5 nitrogen and oxygen atoms in total. The summed E-state index contributed by atoms with van der Waals surface area (Å²) in [5.41, 5.74) is 2.70. The zero-order valence-electron chi connectivity index (χ0n) is 17.9. The molecule has 3 rings (SSSR count). The first kappa shape index (κ1) is 24.3. The van der Waals surface area contributed by atoms with Crippen LogP contribution in [-0.4, -0.2) is 38.5 Å². The van der Waals surface area contributed by atoms with Crippen molar-refractivity contribution in [2.75, 3.05) is 19.8 Å². The summed E-state index contributed by atoms with van der Waals surface area (Å²) in [6, 6.07) is 24.3. The number of rotatable bonds is 9. The van der Waals surface area contributed by atoms with Gasteiger partial charge < -0.3 is 5.32 Å². The van der Waals surface area contributed by atoms with E-state index in [0.29, 0.717) is 10.6 Å². The maximum atomic E-state index is 12.6. The van der Waals surface area contributed by atoms with E-state index in [1.165, 1.54) is 30.2 Å². The molecular weight excluding hydrogens is 464 g/mol. The molecule has 1 unspecified atom stereocenters. The summed E-state index contributed by atoms with van der Waals surface area (Å²) in [6.07, 6.45) is 0. The van der Waals surface area contributed by atoms with Crippen LogP contribution >= 0.6 is 23.4 Å². The number of carbonyl (C=O) groups excluding carboxylic acids is 1. The van der Waals surface area contributed by atoms with Crippen molar-refractivity contribution in [3.05, 3.63) is 101 Å². The molecule has 3 aromatic rings. The van der Waals surface area contributed by atoms with Crippen LogP contribution in [0.3, 0.4) is 0 Å². The van der Waals surface area contributed by atoms with Gasteiger partial charge in [0.15, 0.2) is 0 Å². The number of hydrogen-bond acceptors (Lipinski definition) is 4. The van der Waals surface area contributed by atoms with Crippen LogP contribution in [-0.2, 0) is 21.4 Å². The molecule has 3 aromatic carbocycles. The lowest BCUT2D eigenvalue weighted by atomic mass is 10.0. The molecule has 0 spiro atoms. The van der Waals surface area contributed by atoms with Crippen molar-refractivity contribution in [3.63, 3.8) is 0 Å². The van der Waals surface area contributed by atoms with Gasteiger partial charge in [-0.25, -0.2) is 12.7 Å². The van der Waals surface area contributed by atoms with Crippen LogP contribution in [0.25, 0.3) is 0 Å². The number of nitrogens with one attached hydrogen (secondary N) is 1. The van der Waals surface area contributed by atoms with Crippen molar-refractivity contribution in [2.24, 2.45) is 0 Å². The lowest BCUT2D eigenvalue weighted by Gasteiger charge is -2.18. The van der Waals surface area contributed by atoms with Gasteiger partial charge in [0.2, 0.25) is 15.9 Å². The van der Waals surface area contributed by atoms with Crippen molar-refractivity contribution >= 4 is 39.3 Å². The molecule has 168 valence electrons. The van der Waals surface area contributed by atoms with Crippen molar-refractivity contribution < 1.29 is 13.2 Å². The summed E-state index contributed by atoms with van der Waals surface area (Å²) in [4.78, 5) is 12.8. The van der Waals surface area contributed by atoms with Crippen LogP contribution in [0, 0.1) is 0 Å². The Balaban J connectivity index is 1.69. The van der Waals surface area contributed by atoms with Gasteiger partial charge in [-0.3, -0.25) is 4.79 Å². The third kappa shape index (κ3) is 6.13. The van der Waals surface area contributed by atoms with Crippen molar-refractivity contribution in [3.8, 4) is 0 Å². The molecule has 8 heteroatoms. The van der Waals surface area contributed by atoms with Crippen LogP contribution in [0.15, 0.2) is 83.8 Å². The van der Waals surface area contributed by atoms with E-state index in [4.69, 9.17) is 11.6 Å². The maximum Gasteiger partial charge on any atom is 0.242 e. The van der Waals surface area contributed by atoms with Crippen LogP contribution < -0.4 is 5.32 Å². The third-order valence-electron chi connectivity index (χ3n) is 4.86. The standard InChI is InChI=1S/C24H25ClN2O3S2/c1-27(2)32(29,30)22-11-7-6-10-20(22)16-26-23(28)17-31-24(18-8-4-3-5-9-18)19-12-14-21(25)15-13-19/h3-15,24H,16-17H2,1-2H3,(H,26,28). The first-order chi connectivity index (χ1) is 15.3.